The number of benzene rings is 3. The Kier molecular flexibility index (Phi) is 6.18. The second kappa shape index (κ2) is 9.00. The van der Waals surface area contributed by atoms with Crippen LogP contribution in [-0.4, -0.2) is 13.2 Å². The molecule has 0 radical (unpaired) electrons. The monoisotopic (exact) mass is 349 g/mol. The van der Waals surface area contributed by atoms with E-state index < -0.39 is 0 Å². The fourth-order valence-corrected chi connectivity index (χ4v) is 4.71. The fraction of sp³-hybridized carbons (Fsp3) is 0.0909. The van der Waals surface area contributed by atoms with Gasteiger partial charge < -0.3 is 9.47 Å². The van der Waals surface area contributed by atoms with E-state index in [1.807, 2.05) is 24.3 Å². The van der Waals surface area contributed by atoms with Gasteiger partial charge in [0.1, 0.15) is 24.1 Å². The van der Waals surface area contributed by atoms with Crippen LogP contribution in [0.1, 0.15) is 0 Å². The average molecular weight is 349 g/mol. The highest BCUT2D eigenvalue weighted by Gasteiger charge is 2.31. The van der Waals surface area contributed by atoms with Gasteiger partial charge in [-0.2, -0.15) is 0 Å². The molecule has 2 nitrogen and oxygen atoms in total. The molecular formula is C22H21O2S+. The molecule has 0 fully saturated rings. The molecule has 0 atom stereocenters. The molecule has 0 aliphatic carbocycles. The van der Waals surface area contributed by atoms with Crippen molar-refractivity contribution in [3.8, 4) is 5.75 Å². The molecule has 0 amide bonds. The molecular weight excluding hydrogens is 328 g/mol. The maximum Gasteiger partial charge on any atom is 0.208 e. The molecule has 3 rings (SSSR count). The molecule has 0 spiro atoms. The molecule has 3 aromatic carbocycles. The standard InChI is InChI=1S/C22H21O2S/c1-2-23-17-18-24-21-15-9-10-16-22(21)25(19-11-5-3-6-12-19)20-13-7-4-8-14-20/h2-16H,1,17-18H2/q+1. The molecule has 0 saturated heterocycles. The number of ether oxygens (including phenoxy) is 2. The first-order valence-electron chi connectivity index (χ1n) is 8.19. The smallest absolute Gasteiger partial charge is 0.208 e. The topological polar surface area (TPSA) is 18.5 Å². The van der Waals surface area contributed by atoms with Crippen LogP contribution in [0.25, 0.3) is 0 Å². The summed E-state index contributed by atoms with van der Waals surface area (Å²) >= 11 is 0. The van der Waals surface area contributed by atoms with Crippen LogP contribution >= 0.6 is 0 Å². The Morgan fingerprint density at radius 3 is 1.88 bits per heavy atom. The second-order valence-corrected chi connectivity index (χ2v) is 7.26. The Labute approximate surface area is 152 Å². The Morgan fingerprint density at radius 2 is 1.28 bits per heavy atom. The van der Waals surface area contributed by atoms with E-state index >= 15 is 0 Å². The highest BCUT2D eigenvalue weighted by molar-refractivity contribution is 7.97. The normalized spacial score (nSPS) is 10.4. The van der Waals surface area contributed by atoms with Gasteiger partial charge in [-0.3, -0.25) is 0 Å². The Morgan fingerprint density at radius 1 is 0.720 bits per heavy atom. The van der Waals surface area contributed by atoms with Gasteiger partial charge in [0, 0.05) is 0 Å². The van der Waals surface area contributed by atoms with Crippen molar-refractivity contribution in [2.24, 2.45) is 0 Å². The molecule has 0 bridgehead atoms. The zero-order valence-corrected chi connectivity index (χ0v) is 14.8. The van der Waals surface area contributed by atoms with Crippen LogP contribution in [0, 0.1) is 0 Å². The molecule has 0 unspecified atom stereocenters. The number of para-hydroxylation sites is 1. The van der Waals surface area contributed by atoms with E-state index in [0.29, 0.717) is 13.2 Å². The first-order chi connectivity index (χ1) is 12.4. The summed E-state index contributed by atoms with van der Waals surface area (Å²) in [6.07, 6.45) is 1.44. The van der Waals surface area contributed by atoms with Crippen molar-refractivity contribution in [2.45, 2.75) is 14.7 Å². The van der Waals surface area contributed by atoms with Crippen LogP contribution in [-0.2, 0) is 15.6 Å². The molecule has 0 N–H and O–H groups in total. The van der Waals surface area contributed by atoms with Gasteiger partial charge in [-0.1, -0.05) is 55.1 Å². The van der Waals surface area contributed by atoms with Gasteiger partial charge in [-0.15, -0.1) is 0 Å². The minimum Gasteiger partial charge on any atom is -0.498 e. The quantitative estimate of drug-likeness (QED) is 0.311. The van der Waals surface area contributed by atoms with Crippen molar-refractivity contribution in [1.29, 1.82) is 0 Å². The van der Waals surface area contributed by atoms with Gasteiger partial charge in [0.25, 0.3) is 0 Å². The second-order valence-electron chi connectivity index (χ2n) is 5.26. The Balaban J connectivity index is 1.98. The van der Waals surface area contributed by atoms with E-state index in [9.17, 15) is 0 Å². The van der Waals surface area contributed by atoms with Gasteiger partial charge in [0.15, 0.2) is 15.5 Å². The summed E-state index contributed by atoms with van der Waals surface area (Å²) in [5, 5.41) is 0. The van der Waals surface area contributed by atoms with E-state index in [1.165, 1.54) is 20.9 Å². The Hall–Kier alpha value is -2.65. The largest absolute Gasteiger partial charge is 0.498 e. The summed E-state index contributed by atoms with van der Waals surface area (Å²) in [6, 6.07) is 29.4. The lowest BCUT2D eigenvalue weighted by Gasteiger charge is -2.12. The number of hydrogen-bond donors (Lipinski definition) is 0. The molecule has 25 heavy (non-hydrogen) atoms. The molecule has 0 saturated carbocycles. The minimum absolute atomic E-state index is 0.219. The predicted molar refractivity (Wildman–Crippen MR) is 103 cm³/mol. The minimum atomic E-state index is -0.219. The lowest BCUT2D eigenvalue weighted by atomic mass is 10.3. The first-order valence-corrected chi connectivity index (χ1v) is 9.41. The predicted octanol–water partition coefficient (Wildman–Crippen LogP) is 5.32. The number of rotatable bonds is 8. The van der Waals surface area contributed by atoms with Gasteiger partial charge in [0.05, 0.1) is 6.26 Å². The van der Waals surface area contributed by atoms with Crippen LogP contribution in [0.5, 0.6) is 5.75 Å². The lowest BCUT2D eigenvalue weighted by Crippen LogP contribution is -2.10. The third-order valence-electron chi connectivity index (χ3n) is 3.60. The summed E-state index contributed by atoms with van der Waals surface area (Å²) in [7, 11) is -0.219. The van der Waals surface area contributed by atoms with Crippen LogP contribution < -0.4 is 4.74 Å². The Bertz CT molecular complexity index is 748. The van der Waals surface area contributed by atoms with E-state index in [4.69, 9.17) is 9.47 Å². The molecule has 0 heterocycles. The average Bonchev–Trinajstić information content (AvgIpc) is 2.68. The zero-order chi connectivity index (χ0) is 17.3. The fourth-order valence-electron chi connectivity index (χ4n) is 2.52. The van der Waals surface area contributed by atoms with Crippen molar-refractivity contribution in [2.75, 3.05) is 13.2 Å². The van der Waals surface area contributed by atoms with Crippen molar-refractivity contribution >= 4 is 10.9 Å². The van der Waals surface area contributed by atoms with Gasteiger partial charge in [-0.05, 0) is 36.4 Å². The van der Waals surface area contributed by atoms with Gasteiger partial charge in [-0.25, -0.2) is 0 Å². The summed E-state index contributed by atoms with van der Waals surface area (Å²) in [5.41, 5.74) is 0. The maximum atomic E-state index is 6.00. The summed E-state index contributed by atoms with van der Waals surface area (Å²) < 4.78 is 11.2. The summed E-state index contributed by atoms with van der Waals surface area (Å²) in [6.45, 7) is 4.53. The number of hydrogen-bond acceptors (Lipinski definition) is 2. The van der Waals surface area contributed by atoms with E-state index in [-0.39, 0.29) is 10.9 Å². The highest BCUT2D eigenvalue weighted by atomic mass is 32.2. The van der Waals surface area contributed by atoms with Crippen molar-refractivity contribution in [3.63, 3.8) is 0 Å². The summed E-state index contributed by atoms with van der Waals surface area (Å²) in [4.78, 5) is 3.72. The lowest BCUT2D eigenvalue weighted by molar-refractivity contribution is 0.177. The first kappa shape index (κ1) is 17.2. The summed E-state index contributed by atoms with van der Waals surface area (Å²) in [5.74, 6) is 0.895. The molecule has 0 aliphatic heterocycles. The van der Waals surface area contributed by atoms with Crippen molar-refractivity contribution < 1.29 is 9.47 Å². The molecule has 3 aromatic rings. The highest BCUT2D eigenvalue weighted by Crippen LogP contribution is 2.36. The van der Waals surface area contributed by atoms with E-state index in [0.717, 1.165) is 5.75 Å². The SMILES string of the molecule is C=COCCOc1ccccc1[S+](c1ccccc1)c1ccccc1. The van der Waals surface area contributed by atoms with Crippen LogP contribution in [0.15, 0.2) is 112 Å². The van der Waals surface area contributed by atoms with Crippen molar-refractivity contribution in [3.05, 3.63) is 97.8 Å². The van der Waals surface area contributed by atoms with Gasteiger partial charge >= 0.3 is 0 Å². The van der Waals surface area contributed by atoms with Crippen LogP contribution in [0.2, 0.25) is 0 Å². The van der Waals surface area contributed by atoms with Gasteiger partial charge in [0.2, 0.25) is 4.90 Å². The molecule has 126 valence electrons. The molecule has 0 aromatic heterocycles. The molecule has 0 aliphatic rings. The van der Waals surface area contributed by atoms with E-state index in [2.05, 4.69) is 67.2 Å². The zero-order valence-electron chi connectivity index (χ0n) is 14.0. The van der Waals surface area contributed by atoms with Crippen molar-refractivity contribution in [1.82, 2.24) is 0 Å². The third kappa shape index (κ3) is 4.46. The van der Waals surface area contributed by atoms with E-state index in [1.54, 1.807) is 0 Å². The van der Waals surface area contributed by atoms with Crippen LogP contribution in [0.4, 0.5) is 0 Å². The van der Waals surface area contributed by atoms with Crippen LogP contribution in [0.3, 0.4) is 0 Å². The molecule has 3 heteroatoms. The third-order valence-corrected chi connectivity index (χ3v) is 5.87. The maximum absolute atomic E-state index is 6.00.